The number of nitrogens with two attached hydrogens (primary N) is 1. The van der Waals surface area contributed by atoms with Gasteiger partial charge in [0.1, 0.15) is 5.03 Å². The Morgan fingerprint density at radius 1 is 1.19 bits per heavy atom. The van der Waals surface area contributed by atoms with Gasteiger partial charge in [0.05, 0.1) is 5.69 Å². The summed E-state index contributed by atoms with van der Waals surface area (Å²) in [4.78, 5) is 4.26. The lowest BCUT2D eigenvalue weighted by atomic mass is 10.1. The fraction of sp³-hybridized carbons (Fsp3) is 0.615. The van der Waals surface area contributed by atoms with E-state index in [0.717, 1.165) is 16.5 Å². The van der Waals surface area contributed by atoms with Crippen molar-refractivity contribution in [2.75, 3.05) is 11.5 Å². The topological polar surface area (TPSA) is 38.9 Å². The molecule has 0 spiro atoms. The molecular formula is C13H22N2S. The number of unbranched alkanes of at least 4 members (excludes halogenated alkanes) is 5. The van der Waals surface area contributed by atoms with Gasteiger partial charge in [-0.1, -0.05) is 39.0 Å². The summed E-state index contributed by atoms with van der Waals surface area (Å²) in [7, 11) is 0. The molecule has 3 heteroatoms. The van der Waals surface area contributed by atoms with Gasteiger partial charge in [0.2, 0.25) is 0 Å². The number of pyridine rings is 1. The van der Waals surface area contributed by atoms with Crippen LogP contribution in [0.1, 0.15) is 45.4 Å². The standard InChI is InChI=1S/C13H22N2S/c1-2-3-4-5-6-7-11-16-13-12(14)9-8-10-15-13/h8-10H,2-7,11,14H2,1H3. The van der Waals surface area contributed by atoms with Crippen LogP contribution in [-0.4, -0.2) is 10.7 Å². The molecule has 1 heterocycles. The van der Waals surface area contributed by atoms with E-state index in [1.54, 1.807) is 18.0 Å². The predicted molar refractivity (Wildman–Crippen MR) is 72.7 cm³/mol. The highest BCUT2D eigenvalue weighted by Gasteiger charge is 1.99. The van der Waals surface area contributed by atoms with Gasteiger partial charge < -0.3 is 5.73 Å². The zero-order chi connectivity index (χ0) is 11.6. The lowest BCUT2D eigenvalue weighted by Gasteiger charge is -2.03. The Morgan fingerprint density at radius 3 is 2.69 bits per heavy atom. The highest BCUT2D eigenvalue weighted by molar-refractivity contribution is 7.99. The van der Waals surface area contributed by atoms with Gasteiger partial charge in [0.15, 0.2) is 0 Å². The Balaban J connectivity index is 2.05. The predicted octanol–water partition coefficient (Wildman–Crippen LogP) is 4.12. The van der Waals surface area contributed by atoms with E-state index >= 15 is 0 Å². The Kier molecular flexibility index (Phi) is 7.06. The molecule has 90 valence electrons. The molecule has 2 nitrogen and oxygen atoms in total. The molecule has 0 saturated carbocycles. The summed E-state index contributed by atoms with van der Waals surface area (Å²) in [5, 5.41) is 0.982. The van der Waals surface area contributed by atoms with Gasteiger partial charge in [-0.15, -0.1) is 11.8 Å². The van der Waals surface area contributed by atoms with Crippen molar-refractivity contribution in [1.82, 2.24) is 4.98 Å². The monoisotopic (exact) mass is 238 g/mol. The zero-order valence-corrected chi connectivity index (χ0v) is 10.9. The maximum Gasteiger partial charge on any atom is 0.119 e. The average molecular weight is 238 g/mol. The molecule has 16 heavy (non-hydrogen) atoms. The summed E-state index contributed by atoms with van der Waals surface area (Å²) >= 11 is 1.77. The lowest BCUT2D eigenvalue weighted by molar-refractivity contribution is 0.627. The number of aromatic nitrogens is 1. The molecule has 1 aromatic heterocycles. The van der Waals surface area contributed by atoms with Crippen molar-refractivity contribution in [2.45, 2.75) is 50.5 Å². The second-order valence-corrected chi connectivity index (χ2v) is 5.10. The maximum atomic E-state index is 5.82. The van der Waals surface area contributed by atoms with E-state index in [1.165, 1.54) is 38.5 Å². The Labute approximate surface area is 103 Å². The molecule has 0 amide bonds. The smallest absolute Gasteiger partial charge is 0.119 e. The normalized spacial score (nSPS) is 10.6. The van der Waals surface area contributed by atoms with Crippen molar-refractivity contribution in [1.29, 1.82) is 0 Å². The van der Waals surface area contributed by atoms with Crippen molar-refractivity contribution >= 4 is 17.4 Å². The molecule has 2 N–H and O–H groups in total. The first-order valence-corrected chi connectivity index (χ1v) is 7.16. The van der Waals surface area contributed by atoms with Gasteiger partial charge >= 0.3 is 0 Å². The molecule has 0 radical (unpaired) electrons. The van der Waals surface area contributed by atoms with Crippen LogP contribution in [0.15, 0.2) is 23.4 Å². The summed E-state index contributed by atoms with van der Waals surface area (Å²) in [5.41, 5.74) is 6.62. The first-order chi connectivity index (χ1) is 7.84. The third kappa shape index (κ3) is 5.40. The Morgan fingerprint density at radius 2 is 1.94 bits per heavy atom. The third-order valence-corrected chi connectivity index (χ3v) is 3.64. The van der Waals surface area contributed by atoms with Crippen LogP contribution in [0.5, 0.6) is 0 Å². The fourth-order valence-corrected chi connectivity index (χ4v) is 2.49. The summed E-state index contributed by atoms with van der Waals surface area (Å²) in [6.45, 7) is 2.25. The van der Waals surface area contributed by atoms with Crippen LogP contribution in [0.2, 0.25) is 0 Å². The minimum atomic E-state index is 0.804. The van der Waals surface area contributed by atoms with E-state index < -0.39 is 0 Å². The van der Waals surface area contributed by atoms with Crippen molar-refractivity contribution < 1.29 is 0 Å². The minimum absolute atomic E-state index is 0.804. The Bertz CT molecular complexity index is 289. The maximum absolute atomic E-state index is 5.82. The second kappa shape index (κ2) is 8.45. The van der Waals surface area contributed by atoms with Crippen LogP contribution in [0.25, 0.3) is 0 Å². The van der Waals surface area contributed by atoms with Crippen molar-refractivity contribution in [3.05, 3.63) is 18.3 Å². The molecule has 0 bridgehead atoms. The molecule has 0 atom stereocenters. The summed E-state index contributed by atoms with van der Waals surface area (Å²) in [6, 6.07) is 3.79. The molecule has 0 aliphatic carbocycles. The van der Waals surface area contributed by atoms with Gasteiger partial charge in [0.25, 0.3) is 0 Å². The number of rotatable bonds is 8. The van der Waals surface area contributed by atoms with Crippen LogP contribution < -0.4 is 5.73 Å². The number of nitrogens with zero attached hydrogens (tertiary/aromatic N) is 1. The minimum Gasteiger partial charge on any atom is -0.397 e. The summed E-state index contributed by atoms with van der Waals surface area (Å²) in [5.74, 6) is 1.13. The summed E-state index contributed by atoms with van der Waals surface area (Å²) < 4.78 is 0. The van der Waals surface area contributed by atoms with Crippen LogP contribution in [-0.2, 0) is 0 Å². The van der Waals surface area contributed by atoms with E-state index in [4.69, 9.17) is 5.73 Å². The van der Waals surface area contributed by atoms with Crippen molar-refractivity contribution in [3.8, 4) is 0 Å². The number of hydrogen-bond donors (Lipinski definition) is 1. The van der Waals surface area contributed by atoms with Gasteiger partial charge in [-0.2, -0.15) is 0 Å². The average Bonchev–Trinajstić information content (AvgIpc) is 2.30. The third-order valence-electron chi connectivity index (χ3n) is 2.54. The van der Waals surface area contributed by atoms with E-state index in [0.29, 0.717) is 0 Å². The van der Waals surface area contributed by atoms with E-state index in [1.807, 2.05) is 12.1 Å². The molecule has 0 fully saturated rings. The number of nitrogen functional groups attached to an aromatic ring is 1. The van der Waals surface area contributed by atoms with Crippen LogP contribution in [0.4, 0.5) is 5.69 Å². The first kappa shape index (κ1) is 13.4. The van der Waals surface area contributed by atoms with Gasteiger partial charge in [-0.05, 0) is 24.3 Å². The number of anilines is 1. The second-order valence-electron chi connectivity index (χ2n) is 4.01. The molecule has 0 aromatic carbocycles. The van der Waals surface area contributed by atoms with Crippen LogP contribution in [0.3, 0.4) is 0 Å². The molecule has 0 aliphatic rings. The quantitative estimate of drug-likeness (QED) is 0.547. The van der Waals surface area contributed by atoms with Crippen molar-refractivity contribution in [3.63, 3.8) is 0 Å². The largest absolute Gasteiger partial charge is 0.397 e. The van der Waals surface area contributed by atoms with E-state index in [-0.39, 0.29) is 0 Å². The number of hydrogen-bond acceptors (Lipinski definition) is 3. The first-order valence-electron chi connectivity index (χ1n) is 6.18. The van der Waals surface area contributed by atoms with E-state index in [9.17, 15) is 0 Å². The van der Waals surface area contributed by atoms with Gasteiger partial charge in [0, 0.05) is 6.20 Å². The number of thioether (sulfide) groups is 1. The highest BCUT2D eigenvalue weighted by Crippen LogP contribution is 2.22. The van der Waals surface area contributed by atoms with Crippen LogP contribution in [0, 0.1) is 0 Å². The molecular weight excluding hydrogens is 216 g/mol. The van der Waals surface area contributed by atoms with Crippen LogP contribution >= 0.6 is 11.8 Å². The fourth-order valence-electron chi connectivity index (χ4n) is 1.58. The van der Waals surface area contributed by atoms with E-state index in [2.05, 4.69) is 11.9 Å². The molecule has 0 saturated heterocycles. The van der Waals surface area contributed by atoms with Crippen molar-refractivity contribution in [2.24, 2.45) is 0 Å². The highest BCUT2D eigenvalue weighted by atomic mass is 32.2. The molecule has 0 unspecified atom stereocenters. The zero-order valence-electron chi connectivity index (χ0n) is 10.1. The SMILES string of the molecule is CCCCCCCCSc1ncccc1N. The molecule has 1 rings (SSSR count). The van der Waals surface area contributed by atoms with Gasteiger partial charge in [-0.3, -0.25) is 0 Å². The summed E-state index contributed by atoms with van der Waals surface area (Å²) in [6.07, 6.45) is 9.85. The Hall–Kier alpha value is -0.700. The molecule has 1 aromatic rings. The van der Waals surface area contributed by atoms with Gasteiger partial charge in [-0.25, -0.2) is 4.98 Å². The molecule has 0 aliphatic heterocycles. The lowest BCUT2D eigenvalue weighted by Crippen LogP contribution is -1.91.